The zero-order chi connectivity index (χ0) is 11.0. The Balaban J connectivity index is 2.50. The molecule has 0 radical (unpaired) electrons. The summed E-state index contributed by atoms with van der Waals surface area (Å²) in [7, 11) is 0. The number of benzene rings is 1. The molecule has 0 aromatic heterocycles. The zero-order valence-corrected chi connectivity index (χ0v) is 7.38. The van der Waals surface area contributed by atoms with Gasteiger partial charge in [-0.25, -0.2) is 8.78 Å². The Kier molecular flexibility index (Phi) is 2.07. The third-order valence-electron chi connectivity index (χ3n) is 1.93. The highest BCUT2D eigenvalue weighted by atomic mass is 19.1. The number of rotatable bonds is 1. The number of nitrogens with one attached hydrogen (secondary N) is 1. The van der Waals surface area contributed by atoms with Gasteiger partial charge < -0.3 is 0 Å². The van der Waals surface area contributed by atoms with Crippen molar-refractivity contribution in [3.8, 4) is 0 Å². The average molecular weight is 209 g/mol. The maximum Gasteiger partial charge on any atom is 0.258 e. The van der Waals surface area contributed by atoms with Crippen LogP contribution >= 0.6 is 0 Å². The van der Waals surface area contributed by atoms with E-state index in [-0.39, 0.29) is 11.1 Å². The van der Waals surface area contributed by atoms with Gasteiger partial charge in [0.1, 0.15) is 11.6 Å². The van der Waals surface area contributed by atoms with E-state index >= 15 is 0 Å². The lowest BCUT2D eigenvalue weighted by molar-refractivity contribution is -0.123. The van der Waals surface area contributed by atoms with E-state index in [1.54, 1.807) is 0 Å². The van der Waals surface area contributed by atoms with Crippen LogP contribution < -0.4 is 5.32 Å². The fourth-order valence-electron chi connectivity index (χ4n) is 1.34. The second-order valence-corrected chi connectivity index (χ2v) is 3.03. The molecule has 0 aliphatic carbocycles. The zero-order valence-electron chi connectivity index (χ0n) is 7.38. The van der Waals surface area contributed by atoms with Crippen LogP contribution in [0.1, 0.15) is 5.56 Å². The molecular formula is C10H5F2NO2. The van der Waals surface area contributed by atoms with E-state index in [9.17, 15) is 18.4 Å². The standard InChI is InChI=1S/C10H5F2NO2/c11-6-1-5(2-7(12)3-6)8-4-9(14)13-10(8)15/h1-4H,(H,13,14,15). The van der Waals surface area contributed by atoms with Crippen molar-refractivity contribution in [2.24, 2.45) is 0 Å². The molecule has 0 saturated carbocycles. The van der Waals surface area contributed by atoms with Crippen molar-refractivity contribution in [3.05, 3.63) is 41.5 Å². The van der Waals surface area contributed by atoms with Gasteiger partial charge in [-0.2, -0.15) is 0 Å². The number of halogens is 2. The highest BCUT2D eigenvalue weighted by molar-refractivity contribution is 6.33. The lowest BCUT2D eigenvalue weighted by Gasteiger charge is -2.00. The molecule has 1 aliphatic rings. The fraction of sp³-hybridized carbons (Fsp3) is 0. The Labute approximate surface area is 83.4 Å². The topological polar surface area (TPSA) is 46.2 Å². The molecule has 0 bridgehead atoms. The molecule has 2 amide bonds. The van der Waals surface area contributed by atoms with Crippen molar-refractivity contribution in [3.63, 3.8) is 0 Å². The van der Waals surface area contributed by atoms with Gasteiger partial charge in [0.25, 0.3) is 11.8 Å². The lowest BCUT2D eigenvalue weighted by atomic mass is 10.1. The summed E-state index contributed by atoms with van der Waals surface area (Å²) in [6, 6.07) is 2.68. The molecule has 0 spiro atoms. The van der Waals surface area contributed by atoms with Gasteiger partial charge in [-0.05, 0) is 17.7 Å². The van der Waals surface area contributed by atoms with Gasteiger partial charge in [0.15, 0.2) is 0 Å². The highest BCUT2D eigenvalue weighted by Gasteiger charge is 2.22. The summed E-state index contributed by atoms with van der Waals surface area (Å²) in [4.78, 5) is 22.0. The fourth-order valence-corrected chi connectivity index (χ4v) is 1.34. The van der Waals surface area contributed by atoms with E-state index in [0.29, 0.717) is 6.07 Å². The van der Waals surface area contributed by atoms with Gasteiger partial charge in [0.05, 0.1) is 5.57 Å². The van der Waals surface area contributed by atoms with E-state index < -0.39 is 23.4 Å². The molecule has 15 heavy (non-hydrogen) atoms. The predicted molar refractivity (Wildman–Crippen MR) is 47.5 cm³/mol. The molecule has 1 aliphatic heterocycles. The minimum absolute atomic E-state index is 0.0293. The lowest BCUT2D eigenvalue weighted by Crippen LogP contribution is -2.21. The van der Waals surface area contributed by atoms with Crippen LogP contribution in [0.15, 0.2) is 24.3 Å². The van der Waals surface area contributed by atoms with Crippen LogP contribution in [0.5, 0.6) is 0 Å². The summed E-state index contributed by atoms with van der Waals surface area (Å²) in [5, 5.41) is 1.99. The quantitative estimate of drug-likeness (QED) is 0.701. The Bertz CT molecular complexity index is 474. The van der Waals surface area contributed by atoms with Crippen molar-refractivity contribution in [1.29, 1.82) is 0 Å². The van der Waals surface area contributed by atoms with Gasteiger partial charge in [-0.15, -0.1) is 0 Å². The monoisotopic (exact) mass is 209 g/mol. The Morgan fingerprint density at radius 1 is 1.00 bits per heavy atom. The largest absolute Gasteiger partial charge is 0.289 e. The first kappa shape index (κ1) is 9.51. The van der Waals surface area contributed by atoms with Crippen LogP contribution in [0.25, 0.3) is 5.57 Å². The molecule has 1 aromatic rings. The first-order valence-electron chi connectivity index (χ1n) is 4.10. The minimum atomic E-state index is -0.793. The summed E-state index contributed by atoms with van der Waals surface area (Å²) in [5.74, 6) is -2.82. The minimum Gasteiger partial charge on any atom is -0.289 e. The van der Waals surface area contributed by atoms with Crippen LogP contribution in [0.4, 0.5) is 8.78 Å². The Hall–Kier alpha value is -2.04. The highest BCUT2D eigenvalue weighted by Crippen LogP contribution is 2.20. The number of hydrogen-bond acceptors (Lipinski definition) is 2. The second kappa shape index (κ2) is 3.27. The summed E-state index contributed by atoms with van der Waals surface area (Å²) in [5.41, 5.74) is 0.0225. The number of imide groups is 1. The van der Waals surface area contributed by atoms with Crippen LogP contribution in [0.2, 0.25) is 0 Å². The molecule has 2 rings (SSSR count). The number of carbonyl (C=O) groups is 2. The van der Waals surface area contributed by atoms with Crippen molar-refractivity contribution < 1.29 is 18.4 Å². The van der Waals surface area contributed by atoms with E-state index in [2.05, 4.69) is 0 Å². The average Bonchev–Trinajstić information content (AvgIpc) is 2.43. The number of amides is 2. The van der Waals surface area contributed by atoms with Crippen molar-refractivity contribution in [2.45, 2.75) is 0 Å². The molecule has 5 heteroatoms. The molecule has 0 saturated heterocycles. The second-order valence-electron chi connectivity index (χ2n) is 3.03. The van der Waals surface area contributed by atoms with Crippen molar-refractivity contribution >= 4 is 17.4 Å². The SMILES string of the molecule is O=C1C=C(c2cc(F)cc(F)c2)C(=O)N1. The molecule has 0 fully saturated rings. The first-order chi connectivity index (χ1) is 7.06. The number of hydrogen-bond donors (Lipinski definition) is 1. The van der Waals surface area contributed by atoms with Crippen LogP contribution in [-0.4, -0.2) is 11.8 Å². The van der Waals surface area contributed by atoms with E-state index in [4.69, 9.17) is 0 Å². The maximum absolute atomic E-state index is 12.8. The van der Waals surface area contributed by atoms with Gasteiger partial charge in [0.2, 0.25) is 0 Å². The molecule has 1 heterocycles. The number of carbonyl (C=O) groups excluding carboxylic acids is 2. The van der Waals surface area contributed by atoms with Gasteiger partial charge in [-0.3, -0.25) is 14.9 Å². The summed E-state index contributed by atoms with van der Waals surface area (Å²) < 4.78 is 25.6. The Morgan fingerprint density at radius 3 is 2.07 bits per heavy atom. The van der Waals surface area contributed by atoms with Gasteiger partial charge in [-0.1, -0.05) is 0 Å². The van der Waals surface area contributed by atoms with Crippen LogP contribution in [0.3, 0.4) is 0 Å². The maximum atomic E-state index is 12.8. The summed E-state index contributed by atoms with van der Waals surface area (Å²) in [6.07, 6.45) is 1.01. The van der Waals surface area contributed by atoms with E-state index in [1.807, 2.05) is 5.32 Å². The Morgan fingerprint density at radius 2 is 1.60 bits per heavy atom. The van der Waals surface area contributed by atoms with Crippen molar-refractivity contribution in [1.82, 2.24) is 5.32 Å². The van der Waals surface area contributed by atoms with Crippen LogP contribution in [-0.2, 0) is 9.59 Å². The molecule has 1 aromatic carbocycles. The van der Waals surface area contributed by atoms with Gasteiger partial charge in [0, 0.05) is 12.1 Å². The van der Waals surface area contributed by atoms with Crippen molar-refractivity contribution in [2.75, 3.05) is 0 Å². The molecular weight excluding hydrogens is 204 g/mol. The smallest absolute Gasteiger partial charge is 0.258 e. The molecule has 0 unspecified atom stereocenters. The third-order valence-corrected chi connectivity index (χ3v) is 1.93. The normalized spacial score (nSPS) is 15.2. The third kappa shape index (κ3) is 1.76. The van der Waals surface area contributed by atoms with E-state index in [1.165, 1.54) is 0 Å². The molecule has 1 N–H and O–H groups in total. The molecule has 0 atom stereocenters. The van der Waals surface area contributed by atoms with Gasteiger partial charge >= 0.3 is 0 Å². The summed E-state index contributed by atoms with van der Waals surface area (Å²) >= 11 is 0. The van der Waals surface area contributed by atoms with Crippen LogP contribution in [0, 0.1) is 11.6 Å². The molecule has 3 nitrogen and oxygen atoms in total. The molecule has 76 valence electrons. The summed E-state index contributed by atoms with van der Waals surface area (Å²) in [6.45, 7) is 0. The van der Waals surface area contributed by atoms with E-state index in [0.717, 1.165) is 18.2 Å². The first-order valence-corrected chi connectivity index (χ1v) is 4.10. The predicted octanol–water partition coefficient (Wildman–Crippen LogP) is 1.00.